The topological polar surface area (TPSA) is 22.0 Å². The number of rotatable bonds is 2. The van der Waals surface area contributed by atoms with Gasteiger partial charge in [0.1, 0.15) is 6.29 Å². The molecule has 0 radical (unpaired) electrons. The van der Waals surface area contributed by atoms with Gasteiger partial charge in [0.25, 0.3) is 0 Å². The predicted molar refractivity (Wildman–Crippen MR) is 64.9 cm³/mol. The molecular formula is C13H12ClNO. The maximum absolute atomic E-state index is 11.2. The molecule has 0 unspecified atom stereocenters. The smallest absolute Gasteiger partial charge is 0.130 e. The summed E-state index contributed by atoms with van der Waals surface area (Å²) in [5, 5.41) is 1.85. The number of benzene rings is 1. The number of aromatic nitrogens is 1. The molecule has 0 saturated heterocycles. The van der Waals surface area contributed by atoms with Crippen molar-refractivity contribution in [3.05, 3.63) is 35.0 Å². The predicted octanol–water partition coefficient (Wildman–Crippen LogP) is 3.06. The molecule has 1 aromatic heterocycles. The highest BCUT2D eigenvalue weighted by atomic mass is 35.5. The van der Waals surface area contributed by atoms with E-state index in [2.05, 4.69) is 0 Å². The van der Waals surface area contributed by atoms with E-state index < -0.39 is 0 Å². The van der Waals surface area contributed by atoms with Crippen LogP contribution >= 0.6 is 11.6 Å². The summed E-state index contributed by atoms with van der Waals surface area (Å²) in [6.45, 7) is 0. The number of aldehydes is 1. The minimum atomic E-state index is -0.232. The van der Waals surface area contributed by atoms with Gasteiger partial charge in [-0.3, -0.25) is 0 Å². The van der Waals surface area contributed by atoms with Crippen LogP contribution in [0.2, 0.25) is 5.02 Å². The molecule has 82 valence electrons. The van der Waals surface area contributed by atoms with E-state index in [-0.39, 0.29) is 5.41 Å². The first-order valence-corrected chi connectivity index (χ1v) is 5.76. The van der Waals surface area contributed by atoms with Crippen LogP contribution in [0.5, 0.6) is 0 Å². The van der Waals surface area contributed by atoms with E-state index in [1.807, 2.05) is 36.0 Å². The normalized spacial score (nSPS) is 17.6. The van der Waals surface area contributed by atoms with Crippen molar-refractivity contribution >= 4 is 28.8 Å². The molecule has 3 rings (SSSR count). The number of carbonyl (C=O) groups excluding carboxylic acids is 1. The summed E-state index contributed by atoms with van der Waals surface area (Å²) in [6.07, 6.45) is 5.05. The minimum absolute atomic E-state index is 0.232. The van der Waals surface area contributed by atoms with Gasteiger partial charge in [0, 0.05) is 18.6 Å². The van der Waals surface area contributed by atoms with Crippen molar-refractivity contribution in [2.75, 3.05) is 0 Å². The Balaban J connectivity index is 2.35. The van der Waals surface area contributed by atoms with Gasteiger partial charge in [-0.1, -0.05) is 23.7 Å². The SMILES string of the molecule is Cn1cc(C2(C=O)CC2)c2cccc(Cl)c21. The van der Waals surface area contributed by atoms with Crippen molar-refractivity contribution in [1.29, 1.82) is 0 Å². The summed E-state index contributed by atoms with van der Waals surface area (Å²) in [7, 11) is 1.97. The molecule has 0 bridgehead atoms. The number of aryl methyl sites for hydroxylation is 1. The number of halogens is 1. The second kappa shape index (κ2) is 3.11. The summed E-state index contributed by atoms with van der Waals surface area (Å²) in [4.78, 5) is 11.2. The number of fused-ring (bicyclic) bond motifs is 1. The molecule has 1 fully saturated rings. The second-order valence-corrected chi connectivity index (χ2v) is 4.97. The standard InChI is InChI=1S/C13H12ClNO/c1-15-7-10(13(8-16)5-6-13)9-3-2-4-11(14)12(9)15/h2-4,7-8H,5-6H2,1H3. The Morgan fingerprint density at radius 3 is 2.81 bits per heavy atom. The third-order valence-corrected chi connectivity index (χ3v) is 3.81. The zero-order valence-corrected chi connectivity index (χ0v) is 9.79. The highest BCUT2D eigenvalue weighted by Gasteiger charge is 2.46. The molecule has 1 aromatic carbocycles. The van der Waals surface area contributed by atoms with Gasteiger partial charge in [-0.2, -0.15) is 0 Å². The lowest BCUT2D eigenvalue weighted by Crippen LogP contribution is -2.06. The largest absolute Gasteiger partial charge is 0.349 e. The van der Waals surface area contributed by atoms with E-state index in [9.17, 15) is 4.79 Å². The molecule has 0 spiro atoms. The maximum Gasteiger partial charge on any atom is 0.130 e. The van der Waals surface area contributed by atoms with E-state index in [1.165, 1.54) is 0 Å². The molecule has 0 aliphatic heterocycles. The molecule has 1 heterocycles. The number of hydrogen-bond acceptors (Lipinski definition) is 1. The van der Waals surface area contributed by atoms with Gasteiger partial charge in [-0.15, -0.1) is 0 Å². The van der Waals surface area contributed by atoms with Crippen molar-refractivity contribution in [2.24, 2.45) is 7.05 Å². The van der Waals surface area contributed by atoms with Gasteiger partial charge < -0.3 is 9.36 Å². The summed E-state index contributed by atoms with van der Waals surface area (Å²) in [6, 6.07) is 5.86. The van der Waals surface area contributed by atoms with E-state index >= 15 is 0 Å². The van der Waals surface area contributed by atoms with Gasteiger partial charge in [-0.05, 0) is 24.5 Å². The van der Waals surface area contributed by atoms with Crippen molar-refractivity contribution in [3.63, 3.8) is 0 Å². The van der Waals surface area contributed by atoms with Crippen LogP contribution in [-0.4, -0.2) is 10.9 Å². The zero-order valence-electron chi connectivity index (χ0n) is 9.03. The maximum atomic E-state index is 11.2. The monoisotopic (exact) mass is 233 g/mol. The van der Waals surface area contributed by atoms with Gasteiger partial charge in [0.15, 0.2) is 0 Å². The van der Waals surface area contributed by atoms with Crippen LogP contribution in [0.15, 0.2) is 24.4 Å². The highest BCUT2D eigenvalue weighted by Crippen LogP contribution is 2.49. The van der Waals surface area contributed by atoms with Crippen LogP contribution in [0.4, 0.5) is 0 Å². The molecule has 3 heteroatoms. The first-order valence-electron chi connectivity index (χ1n) is 5.38. The van der Waals surface area contributed by atoms with Crippen LogP contribution < -0.4 is 0 Å². The number of para-hydroxylation sites is 1. The Bertz CT molecular complexity index is 581. The summed E-state index contributed by atoms with van der Waals surface area (Å²) < 4.78 is 2.01. The van der Waals surface area contributed by atoms with Crippen LogP contribution in [-0.2, 0) is 17.3 Å². The van der Waals surface area contributed by atoms with Crippen LogP contribution in [0.25, 0.3) is 10.9 Å². The minimum Gasteiger partial charge on any atom is -0.349 e. The molecule has 1 saturated carbocycles. The Labute approximate surface area is 98.8 Å². The first-order chi connectivity index (χ1) is 7.68. The molecule has 16 heavy (non-hydrogen) atoms. The molecule has 0 atom stereocenters. The average molecular weight is 234 g/mol. The molecule has 1 aliphatic carbocycles. The molecule has 0 N–H and O–H groups in total. The number of nitrogens with zero attached hydrogens (tertiary/aromatic N) is 1. The first kappa shape index (κ1) is 9.91. The average Bonchev–Trinajstić information content (AvgIpc) is 2.99. The Morgan fingerprint density at radius 2 is 2.19 bits per heavy atom. The van der Waals surface area contributed by atoms with E-state index in [0.29, 0.717) is 0 Å². The fraction of sp³-hybridized carbons (Fsp3) is 0.308. The Hall–Kier alpha value is -1.28. The van der Waals surface area contributed by atoms with Crippen molar-refractivity contribution in [1.82, 2.24) is 4.57 Å². The second-order valence-electron chi connectivity index (χ2n) is 4.56. The Morgan fingerprint density at radius 1 is 1.44 bits per heavy atom. The van der Waals surface area contributed by atoms with Crippen LogP contribution in [0.1, 0.15) is 18.4 Å². The number of hydrogen-bond donors (Lipinski definition) is 0. The van der Waals surface area contributed by atoms with Crippen molar-refractivity contribution in [2.45, 2.75) is 18.3 Å². The van der Waals surface area contributed by atoms with Gasteiger partial charge in [-0.25, -0.2) is 0 Å². The van der Waals surface area contributed by atoms with Crippen molar-refractivity contribution in [3.8, 4) is 0 Å². The molecule has 0 amide bonds. The van der Waals surface area contributed by atoms with Gasteiger partial charge in [0.05, 0.1) is 16.0 Å². The molecule has 1 aliphatic rings. The molecule has 2 aromatic rings. The summed E-state index contributed by atoms with van der Waals surface area (Å²) >= 11 is 6.18. The van der Waals surface area contributed by atoms with Crippen LogP contribution in [0, 0.1) is 0 Å². The van der Waals surface area contributed by atoms with E-state index in [0.717, 1.165) is 40.6 Å². The zero-order chi connectivity index (χ0) is 11.3. The van der Waals surface area contributed by atoms with E-state index in [1.54, 1.807) is 0 Å². The Kier molecular flexibility index (Phi) is 1.93. The number of carbonyl (C=O) groups is 1. The van der Waals surface area contributed by atoms with E-state index in [4.69, 9.17) is 11.6 Å². The third-order valence-electron chi connectivity index (χ3n) is 3.50. The lowest BCUT2D eigenvalue weighted by Gasteiger charge is -2.04. The third kappa shape index (κ3) is 1.17. The fourth-order valence-electron chi connectivity index (χ4n) is 2.40. The van der Waals surface area contributed by atoms with Crippen molar-refractivity contribution < 1.29 is 4.79 Å². The summed E-state index contributed by atoms with van der Waals surface area (Å²) in [5.74, 6) is 0. The van der Waals surface area contributed by atoms with Gasteiger partial charge in [0.2, 0.25) is 0 Å². The lowest BCUT2D eigenvalue weighted by atomic mass is 9.97. The lowest BCUT2D eigenvalue weighted by molar-refractivity contribution is -0.109. The van der Waals surface area contributed by atoms with Gasteiger partial charge >= 0.3 is 0 Å². The quantitative estimate of drug-likeness (QED) is 0.731. The van der Waals surface area contributed by atoms with Crippen LogP contribution in [0.3, 0.4) is 0 Å². The molecule has 2 nitrogen and oxygen atoms in total. The highest BCUT2D eigenvalue weighted by molar-refractivity contribution is 6.35. The fourth-order valence-corrected chi connectivity index (χ4v) is 2.71. The molecular weight excluding hydrogens is 222 g/mol. The summed E-state index contributed by atoms with van der Waals surface area (Å²) in [5.41, 5.74) is 1.92.